The fourth-order valence-corrected chi connectivity index (χ4v) is 5.39. The molecular formula is C21H18N6O4S2. The largest absolute Gasteiger partial charge is 0.378 e. The van der Waals surface area contributed by atoms with Crippen LogP contribution in [-0.4, -0.2) is 60.9 Å². The third-order valence-electron chi connectivity index (χ3n) is 5.03. The van der Waals surface area contributed by atoms with Crippen molar-refractivity contribution < 1.29 is 17.9 Å². The van der Waals surface area contributed by atoms with Gasteiger partial charge < -0.3 is 9.64 Å². The van der Waals surface area contributed by atoms with Crippen molar-refractivity contribution >= 4 is 49.5 Å². The second kappa shape index (κ2) is 8.81. The van der Waals surface area contributed by atoms with E-state index in [-0.39, 0.29) is 10.5 Å². The van der Waals surface area contributed by atoms with E-state index < -0.39 is 10.0 Å². The number of fused-ring (bicyclic) bond motifs is 1. The molecule has 1 saturated heterocycles. The number of carbonyl (C=O) groups is 1. The number of hydrogen-bond donors (Lipinski definition) is 1. The molecule has 168 valence electrons. The van der Waals surface area contributed by atoms with E-state index in [1.807, 2.05) is 0 Å². The van der Waals surface area contributed by atoms with Crippen LogP contribution in [0.15, 0.2) is 53.8 Å². The number of carbonyl (C=O) groups excluding carboxylic acids is 1. The van der Waals surface area contributed by atoms with Crippen LogP contribution in [0.2, 0.25) is 0 Å². The van der Waals surface area contributed by atoms with Crippen LogP contribution < -0.4 is 9.62 Å². The molecule has 1 aliphatic heterocycles. The van der Waals surface area contributed by atoms with Gasteiger partial charge >= 0.3 is 0 Å². The van der Waals surface area contributed by atoms with Gasteiger partial charge in [0.1, 0.15) is 28.0 Å². The third-order valence-corrected chi connectivity index (χ3v) is 7.39. The van der Waals surface area contributed by atoms with Crippen molar-refractivity contribution in [2.24, 2.45) is 0 Å². The number of morpholine rings is 1. The lowest BCUT2D eigenvalue weighted by atomic mass is 10.2. The lowest BCUT2D eigenvalue weighted by Gasteiger charge is -2.27. The van der Waals surface area contributed by atoms with Gasteiger partial charge in [0.15, 0.2) is 5.82 Å². The van der Waals surface area contributed by atoms with Crippen LogP contribution in [0.1, 0.15) is 10.4 Å². The Morgan fingerprint density at radius 3 is 2.70 bits per heavy atom. The van der Waals surface area contributed by atoms with E-state index >= 15 is 0 Å². The number of nitrogens with one attached hydrogen (secondary N) is 1. The zero-order chi connectivity index (χ0) is 22.8. The van der Waals surface area contributed by atoms with Crippen molar-refractivity contribution in [2.45, 2.75) is 4.90 Å². The fraction of sp³-hybridized carbons (Fsp3) is 0.190. The van der Waals surface area contributed by atoms with Crippen LogP contribution in [0, 0.1) is 0 Å². The minimum absolute atomic E-state index is 0.00318. The minimum atomic E-state index is -3.86. The zero-order valence-electron chi connectivity index (χ0n) is 17.2. The molecule has 10 nitrogen and oxygen atoms in total. The molecule has 0 amide bonds. The van der Waals surface area contributed by atoms with Crippen LogP contribution in [0.25, 0.3) is 21.0 Å². The van der Waals surface area contributed by atoms with Gasteiger partial charge in [0.2, 0.25) is 0 Å². The summed E-state index contributed by atoms with van der Waals surface area (Å²) in [4.78, 5) is 31.7. The number of nitrogens with zero attached hydrogens (tertiary/aromatic N) is 5. The van der Waals surface area contributed by atoms with E-state index in [0.717, 1.165) is 23.7 Å². The van der Waals surface area contributed by atoms with Crippen molar-refractivity contribution in [3.05, 3.63) is 54.5 Å². The van der Waals surface area contributed by atoms with Crippen LogP contribution in [0.3, 0.4) is 0 Å². The monoisotopic (exact) mass is 482 g/mol. The van der Waals surface area contributed by atoms with E-state index in [2.05, 4.69) is 24.6 Å². The second-order valence-electron chi connectivity index (χ2n) is 7.20. The lowest BCUT2D eigenvalue weighted by Crippen LogP contribution is -2.36. The predicted octanol–water partition coefficient (Wildman–Crippen LogP) is 2.60. The first-order valence-corrected chi connectivity index (χ1v) is 12.3. The molecule has 1 fully saturated rings. The number of hydrogen-bond acceptors (Lipinski definition) is 10. The third kappa shape index (κ3) is 4.40. The summed E-state index contributed by atoms with van der Waals surface area (Å²) in [7, 11) is -3.86. The highest BCUT2D eigenvalue weighted by Crippen LogP contribution is 2.32. The van der Waals surface area contributed by atoms with E-state index in [4.69, 9.17) is 9.72 Å². The average Bonchev–Trinajstić information content (AvgIpc) is 3.29. The highest BCUT2D eigenvalue weighted by Gasteiger charge is 2.20. The predicted molar refractivity (Wildman–Crippen MR) is 124 cm³/mol. The average molecular weight is 483 g/mol. The molecule has 33 heavy (non-hydrogen) atoms. The SMILES string of the molecule is O=Cc1cccc(S(=O)(=O)Nc2ccc(-c3nc4c(N5CCOCC5)ncnc4s3)nc2)c1. The summed E-state index contributed by atoms with van der Waals surface area (Å²) < 4.78 is 33.2. The molecule has 4 aromatic rings. The first-order chi connectivity index (χ1) is 16.0. The summed E-state index contributed by atoms with van der Waals surface area (Å²) in [5.41, 5.74) is 1.88. The number of sulfonamides is 1. The van der Waals surface area contributed by atoms with E-state index in [1.165, 1.54) is 48.1 Å². The summed E-state index contributed by atoms with van der Waals surface area (Å²) >= 11 is 1.39. The maximum atomic E-state index is 12.6. The molecule has 0 aliphatic carbocycles. The normalized spacial score (nSPS) is 14.4. The number of rotatable bonds is 6. The quantitative estimate of drug-likeness (QED) is 0.412. The molecule has 5 rings (SSSR count). The number of aromatic nitrogens is 4. The summed E-state index contributed by atoms with van der Waals surface area (Å²) in [5, 5.41) is 0.660. The molecule has 0 radical (unpaired) electrons. The maximum Gasteiger partial charge on any atom is 0.261 e. The molecule has 12 heteroatoms. The smallest absolute Gasteiger partial charge is 0.261 e. The second-order valence-corrected chi connectivity index (χ2v) is 9.86. The van der Waals surface area contributed by atoms with Crippen molar-refractivity contribution in [1.82, 2.24) is 19.9 Å². The Balaban J connectivity index is 1.40. The van der Waals surface area contributed by atoms with Crippen LogP contribution >= 0.6 is 11.3 Å². The Labute approximate surface area is 193 Å². The van der Waals surface area contributed by atoms with Gasteiger partial charge in [-0.25, -0.2) is 23.4 Å². The number of ether oxygens (including phenoxy) is 1. The number of aldehydes is 1. The van der Waals surface area contributed by atoms with E-state index in [0.29, 0.717) is 41.4 Å². The van der Waals surface area contributed by atoms with E-state index in [9.17, 15) is 13.2 Å². The van der Waals surface area contributed by atoms with Gasteiger partial charge in [-0.15, -0.1) is 0 Å². The number of pyridine rings is 1. The zero-order valence-corrected chi connectivity index (χ0v) is 18.8. The van der Waals surface area contributed by atoms with Gasteiger partial charge in [-0.3, -0.25) is 14.5 Å². The summed E-state index contributed by atoms with van der Waals surface area (Å²) in [6.07, 6.45) is 3.55. The van der Waals surface area contributed by atoms with Gasteiger partial charge in [0.05, 0.1) is 35.7 Å². The van der Waals surface area contributed by atoms with Gasteiger partial charge in [0.25, 0.3) is 10.0 Å². The molecule has 1 N–H and O–H groups in total. The first kappa shape index (κ1) is 21.4. The Morgan fingerprint density at radius 2 is 1.94 bits per heavy atom. The Kier molecular flexibility index (Phi) is 5.70. The van der Waals surface area contributed by atoms with Crippen molar-refractivity contribution in [3.63, 3.8) is 0 Å². The van der Waals surface area contributed by atoms with Gasteiger partial charge in [-0.2, -0.15) is 0 Å². The van der Waals surface area contributed by atoms with Crippen LogP contribution in [0.5, 0.6) is 0 Å². The number of benzene rings is 1. The first-order valence-electron chi connectivity index (χ1n) is 10.0. The topological polar surface area (TPSA) is 127 Å². The Morgan fingerprint density at radius 1 is 1.09 bits per heavy atom. The molecule has 4 heterocycles. The molecule has 0 spiro atoms. The molecular weight excluding hydrogens is 464 g/mol. The molecule has 0 bridgehead atoms. The highest BCUT2D eigenvalue weighted by molar-refractivity contribution is 7.92. The van der Waals surface area contributed by atoms with Crippen molar-refractivity contribution in [1.29, 1.82) is 0 Å². The van der Waals surface area contributed by atoms with Crippen molar-refractivity contribution in [2.75, 3.05) is 35.9 Å². The number of anilines is 2. The molecule has 1 aromatic carbocycles. The summed E-state index contributed by atoms with van der Waals surface area (Å²) in [6.45, 7) is 2.76. The molecule has 3 aromatic heterocycles. The number of thiazole rings is 1. The Hall–Kier alpha value is -3.48. The van der Waals surface area contributed by atoms with Gasteiger partial charge in [-0.1, -0.05) is 23.5 Å². The molecule has 1 aliphatic rings. The van der Waals surface area contributed by atoms with Crippen LogP contribution in [0.4, 0.5) is 11.5 Å². The van der Waals surface area contributed by atoms with Gasteiger partial charge in [0, 0.05) is 18.7 Å². The molecule has 0 atom stereocenters. The highest BCUT2D eigenvalue weighted by atomic mass is 32.2. The van der Waals surface area contributed by atoms with Gasteiger partial charge in [-0.05, 0) is 24.3 Å². The van der Waals surface area contributed by atoms with Crippen LogP contribution in [-0.2, 0) is 14.8 Å². The fourth-order valence-electron chi connectivity index (χ4n) is 3.41. The molecule has 0 saturated carbocycles. The standard InChI is InChI=1S/C21H18N6O4S2/c28-12-14-2-1-3-16(10-14)33(29,30)26-15-4-5-17(22-11-15)20-25-18-19(23-13-24-21(18)32-20)27-6-8-31-9-7-27/h1-5,10-13,26H,6-9H2. The summed E-state index contributed by atoms with van der Waals surface area (Å²) in [5.74, 6) is 0.771. The maximum absolute atomic E-state index is 12.6. The summed E-state index contributed by atoms with van der Waals surface area (Å²) in [6, 6.07) is 9.09. The van der Waals surface area contributed by atoms with E-state index in [1.54, 1.807) is 12.1 Å². The Bertz CT molecular complexity index is 1420. The van der Waals surface area contributed by atoms with Crippen molar-refractivity contribution in [3.8, 4) is 10.7 Å². The molecule has 0 unspecified atom stereocenters. The lowest BCUT2D eigenvalue weighted by molar-refractivity contribution is 0.112. The minimum Gasteiger partial charge on any atom is -0.378 e.